The molecule has 1 aromatic heterocycles. The molecule has 0 aliphatic carbocycles. The van der Waals surface area contributed by atoms with E-state index in [0.717, 1.165) is 4.68 Å². The molecule has 0 fully saturated rings. The van der Waals surface area contributed by atoms with Gasteiger partial charge in [0.05, 0.1) is 5.69 Å². The van der Waals surface area contributed by atoms with Crippen LogP contribution in [0.2, 0.25) is 0 Å². The fraction of sp³-hybridized carbons (Fsp3) is 0.120. The molecule has 0 spiro atoms. The second-order valence-corrected chi connectivity index (χ2v) is 7.48. The van der Waals surface area contributed by atoms with Crippen molar-refractivity contribution in [2.24, 2.45) is 10.2 Å². The monoisotopic (exact) mass is 525 g/mol. The maximum atomic E-state index is 12.2. The van der Waals surface area contributed by atoms with Gasteiger partial charge in [-0.3, -0.25) is 14.7 Å². The minimum Gasteiger partial charge on any atom is -0.506 e. The van der Waals surface area contributed by atoms with Gasteiger partial charge in [-0.15, -0.1) is 10.2 Å². The molecule has 1 heterocycles. The Morgan fingerprint density at radius 2 is 1.32 bits per heavy atom. The van der Waals surface area contributed by atoms with E-state index in [-0.39, 0.29) is 34.6 Å². The second-order valence-electron chi connectivity index (χ2n) is 7.48. The number of carbonyl (C=O) groups is 1. The fourth-order valence-electron chi connectivity index (χ4n) is 3.11. The molecule has 0 atom stereocenters. The van der Waals surface area contributed by atoms with Crippen molar-refractivity contribution in [3.8, 4) is 17.2 Å². The van der Waals surface area contributed by atoms with E-state index < -0.39 is 29.5 Å². The molecule has 0 aliphatic rings. The average molecular weight is 525 g/mol. The molecule has 4 aromatic rings. The molecule has 37 heavy (non-hydrogen) atoms. The van der Waals surface area contributed by atoms with Crippen LogP contribution in [0.15, 0.2) is 93.9 Å². The highest BCUT2D eigenvalue weighted by Crippen LogP contribution is 2.30. The van der Waals surface area contributed by atoms with Crippen LogP contribution in [0.4, 0.5) is 24.5 Å². The van der Waals surface area contributed by atoms with Crippen LogP contribution in [0.3, 0.4) is 0 Å². The molecule has 3 radical (unpaired) electrons. The number of aromatic nitrogens is 2. The van der Waals surface area contributed by atoms with E-state index in [9.17, 15) is 33.0 Å². The Bertz CT molecular complexity index is 1390. The zero-order valence-electron chi connectivity index (χ0n) is 19.5. The number of phenols is 2. The standard InChI is InChI=1S/C13H11F3N2O2.C12H10N2O2.Al/c1-8-11(10(19)7-13(14,15)16)12(20)18(17-8)9-5-3-2-4-6-9;15-11-7-3-1-5-9(11)13-14-10-6-2-4-8-12(10)16;/h2-6,17H,7H2,1H3;1-8,15-16H;. The summed E-state index contributed by atoms with van der Waals surface area (Å²) in [6, 6.07) is 21.5. The van der Waals surface area contributed by atoms with Crippen molar-refractivity contribution >= 4 is 34.5 Å². The lowest BCUT2D eigenvalue weighted by Crippen LogP contribution is -2.23. The third kappa shape index (κ3) is 7.93. The number of rotatable bonds is 5. The molecular formula is C25H21AlF3N4O4. The molecule has 4 rings (SSSR count). The smallest absolute Gasteiger partial charge is 0.396 e. The van der Waals surface area contributed by atoms with Gasteiger partial charge in [-0.05, 0) is 43.3 Å². The number of ketones is 1. The summed E-state index contributed by atoms with van der Waals surface area (Å²) in [6.07, 6.45) is -6.28. The van der Waals surface area contributed by atoms with Gasteiger partial charge in [-0.1, -0.05) is 42.5 Å². The Labute approximate surface area is 219 Å². The lowest BCUT2D eigenvalue weighted by molar-refractivity contribution is -0.125. The number of benzene rings is 3. The Morgan fingerprint density at radius 1 is 0.865 bits per heavy atom. The van der Waals surface area contributed by atoms with Gasteiger partial charge < -0.3 is 10.2 Å². The number of halogens is 3. The number of nitrogens with one attached hydrogen (secondary N) is 1. The van der Waals surface area contributed by atoms with Gasteiger partial charge in [0, 0.05) is 23.1 Å². The number of H-pyrrole nitrogens is 1. The van der Waals surface area contributed by atoms with Crippen LogP contribution in [0.1, 0.15) is 22.5 Å². The molecule has 0 bridgehead atoms. The number of aryl methyl sites for hydroxylation is 1. The number of hydrogen-bond acceptors (Lipinski definition) is 6. The summed E-state index contributed by atoms with van der Waals surface area (Å²) < 4.78 is 37.8. The largest absolute Gasteiger partial charge is 0.506 e. The van der Waals surface area contributed by atoms with Gasteiger partial charge in [0.25, 0.3) is 5.56 Å². The minimum atomic E-state index is -4.63. The van der Waals surface area contributed by atoms with Crippen molar-refractivity contribution in [2.45, 2.75) is 19.5 Å². The second kappa shape index (κ2) is 12.7. The Kier molecular flexibility index (Phi) is 10.00. The van der Waals surface area contributed by atoms with Crippen molar-refractivity contribution in [1.29, 1.82) is 0 Å². The zero-order chi connectivity index (χ0) is 26.3. The molecular weight excluding hydrogens is 504 g/mol. The van der Waals surface area contributed by atoms with Crippen molar-refractivity contribution in [3.63, 3.8) is 0 Å². The van der Waals surface area contributed by atoms with E-state index in [4.69, 9.17) is 0 Å². The number of aromatic amines is 1. The van der Waals surface area contributed by atoms with Crippen molar-refractivity contribution < 1.29 is 28.2 Å². The molecule has 12 heteroatoms. The van der Waals surface area contributed by atoms with E-state index in [1.54, 1.807) is 66.7 Å². The summed E-state index contributed by atoms with van der Waals surface area (Å²) in [7, 11) is 0. The van der Waals surface area contributed by atoms with Crippen LogP contribution in [-0.2, 0) is 0 Å². The van der Waals surface area contributed by atoms with Gasteiger partial charge in [-0.25, -0.2) is 4.68 Å². The number of Topliss-reactive ketones (excluding diaryl/α,β-unsaturated/α-hetero) is 1. The maximum absolute atomic E-state index is 12.2. The first-order chi connectivity index (χ1) is 17.1. The predicted molar refractivity (Wildman–Crippen MR) is 132 cm³/mol. The number of hydrogen-bond donors (Lipinski definition) is 3. The minimum absolute atomic E-state index is 0. The summed E-state index contributed by atoms with van der Waals surface area (Å²) in [6.45, 7) is 1.39. The SMILES string of the molecule is Cc1[nH]n(-c2ccccc2)c(=O)c1C(=O)CC(F)(F)F.Oc1ccccc1N=Nc1ccccc1O.[Al]. The van der Waals surface area contributed by atoms with Crippen LogP contribution in [0.25, 0.3) is 5.69 Å². The van der Waals surface area contributed by atoms with Gasteiger partial charge >= 0.3 is 6.18 Å². The molecule has 0 amide bonds. The number of para-hydroxylation sites is 3. The van der Waals surface area contributed by atoms with Crippen LogP contribution in [0, 0.1) is 6.92 Å². The molecule has 0 unspecified atom stereocenters. The summed E-state index contributed by atoms with van der Waals surface area (Å²) in [4.78, 5) is 23.7. The summed E-state index contributed by atoms with van der Waals surface area (Å²) in [5, 5.41) is 29.2. The van der Waals surface area contributed by atoms with Gasteiger partial charge in [0.2, 0.25) is 0 Å². The van der Waals surface area contributed by atoms with E-state index >= 15 is 0 Å². The third-order valence-corrected chi connectivity index (χ3v) is 4.75. The molecule has 3 aromatic carbocycles. The van der Waals surface area contributed by atoms with Crippen LogP contribution < -0.4 is 5.56 Å². The van der Waals surface area contributed by atoms with Crippen LogP contribution >= 0.6 is 0 Å². The lowest BCUT2D eigenvalue weighted by atomic mass is 10.1. The topological polar surface area (TPSA) is 120 Å². The average Bonchev–Trinajstić information content (AvgIpc) is 3.13. The molecule has 0 aliphatic heterocycles. The first-order valence-corrected chi connectivity index (χ1v) is 10.5. The Hall–Kier alpha value is -4.14. The van der Waals surface area contributed by atoms with Crippen molar-refractivity contribution in [2.75, 3.05) is 0 Å². The van der Waals surface area contributed by atoms with E-state index in [2.05, 4.69) is 15.3 Å². The first-order valence-electron chi connectivity index (χ1n) is 10.5. The first kappa shape index (κ1) is 29.1. The quantitative estimate of drug-likeness (QED) is 0.175. The van der Waals surface area contributed by atoms with Crippen LogP contribution in [-0.4, -0.2) is 49.3 Å². The number of carbonyl (C=O) groups excluding carboxylic acids is 1. The Morgan fingerprint density at radius 3 is 1.78 bits per heavy atom. The van der Waals surface area contributed by atoms with Crippen molar-refractivity contribution in [1.82, 2.24) is 9.78 Å². The number of nitrogens with zero attached hydrogens (tertiary/aromatic N) is 3. The predicted octanol–water partition coefficient (Wildman–Crippen LogP) is 5.74. The summed E-state index contributed by atoms with van der Waals surface area (Å²) in [5.74, 6) is -1.12. The van der Waals surface area contributed by atoms with E-state index in [1.807, 2.05) is 0 Å². The summed E-state index contributed by atoms with van der Waals surface area (Å²) >= 11 is 0. The fourth-order valence-corrected chi connectivity index (χ4v) is 3.11. The van der Waals surface area contributed by atoms with E-state index in [1.165, 1.54) is 19.1 Å². The normalized spacial score (nSPS) is 10.9. The third-order valence-electron chi connectivity index (χ3n) is 4.75. The highest BCUT2D eigenvalue weighted by molar-refractivity contribution is 5.97. The van der Waals surface area contributed by atoms with Gasteiger partial charge in [-0.2, -0.15) is 13.2 Å². The molecule has 8 nitrogen and oxygen atoms in total. The lowest BCUT2D eigenvalue weighted by Gasteiger charge is -2.03. The van der Waals surface area contributed by atoms with E-state index in [0.29, 0.717) is 17.1 Å². The van der Waals surface area contributed by atoms with Gasteiger partial charge in [0.15, 0.2) is 5.78 Å². The highest BCUT2D eigenvalue weighted by atomic mass is 27.0. The van der Waals surface area contributed by atoms with Crippen molar-refractivity contribution in [3.05, 3.63) is 100 Å². The number of aromatic hydroxyl groups is 2. The number of alkyl halides is 3. The Balaban J connectivity index is 0.000000259. The molecule has 0 saturated heterocycles. The molecule has 189 valence electrons. The van der Waals surface area contributed by atoms with Gasteiger partial charge in [0.1, 0.15) is 34.9 Å². The summed E-state index contributed by atoms with van der Waals surface area (Å²) in [5.41, 5.74) is 0.0744. The highest BCUT2D eigenvalue weighted by Gasteiger charge is 2.34. The number of azo groups is 1. The molecule has 3 N–H and O–H groups in total. The maximum Gasteiger partial charge on any atom is 0.396 e. The van der Waals surface area contributed by atoms with Crippen LogP contribution in [0.5, 0.6) is 11.5 Å². The number of phenolic OH excluding ortho intramolecular Hbond substituents is 2. The molecule has 0 saturated carbocycles. The zero-order valence-corrected chi connectivity index (χ0v) is 20.6.